The molecule has 0 radical (unpaired) electrons. The van der Waals surface area contributed by atoms with Gasteiger partial charge in [-0.1, -0.05) is 18.2 Å². The van der Waals surface area contributed by atoms with Gasteiger partial charge in [-0.3, -0.25) is 14.5 Å². The lowest BCUT2D eigenvalue weighted by Crippen LogP contribution is -2.42. The van der Waals surface area contributed by atoms with Crippen LogP contribution in [-0.4, -0.2) is 49.6 Å². The first-order chi connectivity index (χ1) is 14.4. The molecule has 0 saturated carbocycles. The second-order valence-corrected chi connectivity index (χ2v) is 7.05. The van der Waals surface area contributed by atoms with E-state index in [2.05, 4.69) is 10.6 Å². The fourth-order valence-corrected chi connectivity index (χ4v) is 3.47. The van der Waals surface area contributed by atoms with Crippen molar-refractivity contribution in [2.45, 2.75) is 12.5 Å². The zero-order valence-electron chi connectivity index (χ0n) is 16.6. The van der Waals surface area contributed by atoms with Gasteiger partial charge in [0, 0.05) is 0 Å². The van der Waals surface area contributed by atoms with Crippen molar-refractivity contribution in [1.82, 2.24) is 10.2 Å². The highest BCUT2D eigenvalue weighted by atomic mass is 16.6. The number of hydrogen-bond donors (Lipinski definition) is 2. The molecule has 1 atom stereocenters. The number of benzene rings is 2. The van der Waals surface area contributed by atoms with Crippen LogP contribution >= 0.6 is 0 Å². The molecule has 1 fully saturated rings. The molecule has 2 aromatic rings. The van der Waals surface area contributed by atoms with Gasteiger partial charge in [0.1, 0.15) is 31.0 Å². The van der Waals surface area contributed by atoms with Gasteiger partial charge in [-0.15, -0.1) is 0 Å². The summed E-state index contributed by atoms with van der Waals surface area (Å²) in [6, 6.07) is 11.3. The largest absolute Gasteiger partial charge is 0.495 e. The minimum atomic E-state index is -1.32. The smallest absolute Gasteiger partial charge is 0.325 e. The number of fused-ring (bicyclic) bond motifs is 1. The number of nitrogens with zero attached hydrogens (tertiary/aromatic N) is 1. The number of ether oxygens (including phenoxy) is 3. The van der Waals surface area contributed by atoms with Crippen LogP contribution in [0.25, 0.3) is 0 Å². The average Bonchev–Trinajstić information content (AvgIpc) is 2.97. The van der Waals surface area contributed by atoms with Crippen LogP contribution in [0.5, 0.6) is 17.2 Å². The van der Waals surface area contributed by atoms with Crippen LogP contribution in [0.15, 0.2) is 42.5 Å². The summed E-state index contributed by atoms with van der Waals surface area (Å²) in [7, 11) is 1.49. The van der Waals surface area contributed by atoms with Crippen molar-refractivity contribution in [1.29, 1.82) is 0 Å². The molecule has 2 aliphatic heterocycles. The van der Waals surface area contributed by atoms with E-state index >= 15 is 0 Å². The monoisotopic (exact) mass is 411 g/mol. The Morgan fingerprint density at radius 2 is 1.90 bits per heavy atom. The lowest BCUT2D eigenvalue weighted by molar-refractivity contribution is -0.133. The van der Waals surface area contributed by atoms with Crippen LogP contribution in [0.4, 0.5) is 10.5 Å². The molecular weight excluding hydrogens is 390 g/mol. The van der Waals surface area contributed by atoms with Crippen LogP contribution in [0.3, 0.4) is 0 Å². The summed E-state index contributed by atoms with van der Waals surface area (Å²) in [5, 5.41) is 5.34. The SMILES string of the molecule is COc1ccccc1NC(=O)CN1C(=O)NC(C)(c2ccc3c(c2)OCCO3)C1=O. The van der Waals surface area contributed by atoms with Gasteiger partial charge in [-0.2, -0.15) is 0 Å². The molecule has 0 bridgehead atoms. The summed E-state index contributed by atoms with van der Waals surface area (Å²) in [6.45, 7) is 2.02. The van der Waals surface area contributed by atoms with Crippen molar-refractivity contribution in [3.05, 3.63) is 48.0 Å². The lowest BCUT2D eigenvalue weighted by Gasteiger charge is -2.25. The molecule has 2 heterocycles. The van der Waals surface area contributed by atoms with Crippen LogP contribution in [0, 0.1) is 0 Å². The maximum atomic E-state index is 13.1. The minimum Gasteiger partial charge on any atom is -0.495 e. The molecular formula is C21H21N3O6. The van der Waals surface area contributed by atoms with Crippen molar-refractivity contribution in [3.63, 3.8) is 0 Å². The number of hydrogen-bond acceptors (Lipinski definition) is 6. The highest BCUT2D eigenvalue weighted by Gasteiger charge is 2.49. The summed E-state index contributed by atoms with van der Waals surface area (Å²) >= 11 is 0. The van der Waals surface area contributed by atoms with Crippen molar-refractivity contribution < 1.29 is 28.6 Å². The number of nitrogens with one attached hydrogen (secondary N) is 2. The molecule has 2 N–H and O–H groups in total. The molecule has 1 unspecified atom stereocenters. The van der Waals surface area contributed by atoms with Gasteiger partial charge in [-0.05, 0) is 36.8 Å². The Morgan fingerprint density at radius 3 is 2.67 bits per heavy atom. The lowest BCUT2D eigenvalue weighted by atomic mass is 9.91. The van der Waals surface area contributed by atoms with Crippen molar-refractivity contribution >= 4 is 23.5 Å². The maximum absolute atomic E-state index is 13.1. The molecule has 156 valence electrons. The van der Waals surface area contributed by atoms with Crippen molar-refractivity contribution in [2.24, 2.45) is 0 Å². The third-order valence-corrected chi connectivity index (χ3v) is 5.08. The van der Waals surface area contributed by atoms with Crippen molar-refractivity contribution in [3.8, 4) is 17.2 Å². The highest BCUT2D eigenvalue weighted by Crippen LogP contribution is 2.36. The number of carbonyl (C=O) groups is 3. The minimum absolute atomic E-state index is 0.405. The first-order valence-corrected chi connectivity index (χ1v) is 9.39. The Morgan fingerprint density at radius 1 is 1.17 bits per heavy atom. The van der Waals surface area contributed by atoms with Gasteiger partial charge in [-0.25, -0.2) is 4.79 Å². The third kappa shape index (κ3) is 3.38. The summed E-state index contributed by atoms with van der Waals surface area (Å²) in [5.74, 6) is 0.519. The van der Waals surface area contributed by atoms with E-state index in [9.17, 15) is 14.4 Å². The fourth-order valence-electron chi connectivity index (χ4n) is 3.47. The maximum Gasteiger partial charge on any atom is 0.325 e. The topological polar surface area (TPSA) is 106 Å². The van der Waals surface area contributed by atoms with E-state index in [-0.39, 0.29) is 0 Å². The average molecular weight is 411 g/mol. The van der Waals surface area contributed by atoms with E-state index in [1.165, 1.54) is 7.11 Å². The predicted octanol–water partition coefficient (Wildman–Crippen LogP) is 1.87. The van der Waals surface area contributed by atoms with E-state index < -0.39 is 29.9 Å². The van der Waals surface area contributed by atoms with Gasteiger partial charge in [0.05, 0.1) is 12.8 Å². The Balaban J connectivity index is 1.51. The van der Waals surface area contributed by atoms with Crippen LogP contribution in [0.1, 0.15) is 12.5 Å². The van der Waals surface area contributed by atoms with E-state index in [0.29, 0.717) is 41.7 Å². The molecule has 2 aromatic carbocycles. The van der Waals surface area contributed by atoms with E-state index in [1.807, 2.05) is 0 Å². The quantitative estimate of drug-likeness (QED) is 0.728. The molecule has 0 aromatic heterocycles. The Bertz CT molecular complexity index is 1020. The third-order valence-electron chi connectivity index (χ3n) is 5.08. The summed E-state index contributed by atoms with van der Waals surface area (Å²) in [6.07, 6.45) is 0. The van der Waals surface area contributed by atoms with Gasteiger partial charge >= 0.3 is 6.03 Å². The molecule has 2 aliphatic rings. The standard InChI is InChI=1S/C21H21N3O6/c1-21(13-7-8-16-17(11-13)30-10-9-29-16)19(26)24(20(27)23-21)12-18(25)22-14-5-3-4-6-15(14)28-2/h3-8,11H,9-10,12H2,1-2H3,(H,22,25)(H,23,27). The number of para-hydroxylation sites is 2. The molecule has 4 rings (SSSR count). The number of urea groups is 1. The van der Waals surface area contributed by atoms with Crippen LogP contribution < -0.4 is 24.8 Å². The van der Waals surface area contributed by atoms with E-state index in [0.717, 1.165) is 4.90 Å². The Labute approximate surface area is 172 Å². The molecule has 9 heteroatoms. The first kappa shape index (κ1) is 19.6. The number of methoxy groups -OCH3 is 1. The fraction of sp³-hybridized carbons (Fsp3) is 0.286. The molecule has 9 nitrogen and oxygen atoms in total. The highest BCUT2D eigenvalue weighted by molar-refractivity contribution is 6.10. The zero-order valence-corrected chi connectivity index (χ0v) is 16.6. The molecule has 30 heavy (non-hydrogen) atoms. The number of anilines is 1. The van der Waals surface area contributed by atoms with Gasteiger partial charge in [0.25, 0.3) is 5.91 Å². The summed E-state index contributed by atoms with van der Waals surface area (Å²) in [4.78, 5) is 39.0. The predicted molar refractivity (Wildman–Crippen MR) is 107 cm³/mol. The van der Waals surface area contributed by atoms with E-state index in [1.54, 1.807) is 49.4 Å². The molecule has 0 spiro atoms. The number of imide groups is 1. The molecule has 4 amide bonds. The number of amides is 4. The van der Waals surface area contributed by atoms with Gasteiger partial charge < -0.3 is 24.8 Å². The normalized spacial score (nSPS) is 20.0. The first-order valence-electron chi connectivity index (χ1n) is 9.39. The van der Waals surface area contributed by atoms with E-state index in [4.69, 9.17) is 14.2 Å². The number of carbonyl (C=O) groups excluding carboxylic acids is 3. The second-order valence-electron chi connectivity index (χ2n) is 7.05. The van der Waals surface area contributed by atoms with Gasteiger partial charge in [0.2, 0.25) is 5.91 Å². The Kier molecular flexibility index (Phi) is 4.94. The molecule has 1 saturated heterocycles. The van der Waals surface area contributed by atoms with Crippen molar-refractivity contribution in [2.75, 3.05) is 32.2 Å². The summed E-state index contributed by atoms with van der Waals surface area (Å²) in [5.41, 5.74) is -0.332. The molecule has 0 aliphatic carbocycles. The Hall–Kier alpha value is -3.75. The zero-order chi connectivity index (χ0) is 21.3. The van der Waals surface area contributed by atoms with Crippen LogP contribution in [0.2, 0.25) is 0 Å². The number of rotatable bonds is 5. The summed E-state index contributed by atoms with van der Waals surface area (Å²) < 4.78 is 16.3. The second kappa shape index (κ2) is 7.58. The van der Waals surface area contributed by atoms with Crippen LogP contribution in [-0.2, 0) is 15.1 Å². The van der Waals surface area contributed by atoms with Gasteiger partial charge in [0.15, 0.2) is 11.5 Å².